The standard InChI is InChI=1S/C17H32N2O3/c1-5-18(6-2)16(21)13-9-11-15(20)12-10-14-17(22)19(7-3)8-4/h5-14H2,1-4H3. The maximum absolute atomic E-state index is 11.8. The van der Waals surface area contributed by atoms with Crippen molar-refractivity contribution >= 4 is 17.6 Å². The van der Waals surface area contributed by atoms with Crippen LogP contribution in [0, 0.1) is 0 Å². The zero-order valence-corrected chi connectivity index (χ0v) is 14.7. The molecule has 0 saturated heterocycles. The fourth-order valence-corrected chi connectivity index (χ4v) is 2.47. The van der Waals surface area contributed by atoms with Gasteiger partial charge in [0.05, 0.1) is 0 Å². The van der Waals surface area contributed by atoms with E-state index >= 15 is 0 Å². The van der Waals surface area contributed by atoms with E-state index in [2.05, 4.69) is 0 Å². The Morgan fingerprint density at radius 3 is 1.18 bits per heavy atom. The van der Waals surface area contributed by atoms with Gasteiger partial charge in [-0.1, -0.05) is 0 Å². The van der Waals surface area contributed by atoms with E-state index in [1.54, 1.807) is 9.80 Å². The quantitative estimate of drug-likeness (QED) is 0.556. The molecule has 0 radical (unpaired) electrons. The van der Waals surface area contributed by atoms with E-state index < -0.39 is 0 Å². The van der Waals surface area contributed by atoms with Crippen LogP contribution in [0.15, 0.2) is 0 Å². The van der Waals surface area contributed by atoms with Crippen molar-refractivity contribution in [2.75, 3.05) is 26.2 Å². The van der Waals surface area contributed by atoms with E-state index in [1.165, 1.54) is 0 Å². The summed E-state index contributed by atoms with van der Waals surface area (Å²) in [5.74, 6) is 0.392. The highest BCUT2D eigenvalue weighted by Crippen LogP contribution is 2.07. The number of amides is 2. The minimum absolute atomic E-state index is 0.120. The Morgan fingerprint density at radius 1 is 0.591 bits per heavy atom. The molecule has 0 aliphatic carbocycles. The van der Waals surface area contributed by atoms with Gasteiger partial charge in [0.2, 0.25) is 11.8 Å². The summed E-state index contributed by atoms with van der Waals surface area (Å²) in [5, 5.41) is 0. The van der Waals surface area contributed by atoms with Crippen LogP contribution in [-0.4, -0.2) is 53.6 Å². The number of carbonyl (C=O) groups excluding carboxylic acids is 3. The molecule has 0 saturated carbocycles. The maximum atomic E-state index is 11.8. The van der Waals surface area contributed by atoms with Crippen molar-refractivity contribution in [1.29, 1.82) is 0 Å². The third-order valence-electron chi connectivity index (χ3n) is 3.92. The molecule has 22 heavy (non-hydrogen) atoms. The van der Waals surface area contributed by atoms with Gasteiger partial charge in [-0.05, 0) is 40.5 Å². The summed E-state index contributed by atoms with van der Waals surface area (Å²) >= 11 is 0. The van der Waals surface area contributed by atoms with Gasteiger partial charge in [-0.2, -0.15) is 0 Å². The van der Waals surface area contributed by atoms with Crippen molar-refractivity contribution < 1.29 is 14.4 Å². The first-order valence-electron chi connectivity index (χ1n) is 8.57. The van der Waals surface area contributed by atoms with E-state index in [0.29, 0.717) is 38.5 Å². The van der Waals surface area contributed by atoms with Crippen LogP contribution in [0.5, 0.6) is 0 Å². The van der Waals surface area contributed by atoms with Gasteiger partial charge in [0.25, 0.3) is 0 Å². The smallest absolute Gasteiger partial charge is 0.222 e. The molecule has 0 aliphatic rings. The van der Waals surface area contributed by atoms with Gasteiger partial charge in [-0.3, -0.25) is 14.4 Å². The minimum atomic E-state index is 0.120. The van der Waals surface area contributed by atoms with Crippen LogP contribution in [0.25, 0.3) is 0 Å². The molecule has 0 aromatic heterocycles. The molecular weight excluding hydrogens is 280 g/mol. The first kappa shape index (κ1) is 20.6. The van der Waals surface area contributed by atoms with E-state index in [4.69, 9.17) is 0 Å². The third-order valence-corrected chi connectivity index (χ3v) is 3.92. The molecule has 0 aromatic rings. The summed E-state index contributed by atoms with van der Waals surface area (Å²) < 4.78 is 0. The minimum Gasteiger partial charge on any atom is -0.343 e. The van der Waals surface area contributed by atoms with Crippen LogP contribution in [-0.2, 0) is 14.4 Å². The Kier molecular flexibility index (Phi) is 11.4. The molecular formula is C17H32N2O3. The van der Waals surface area contributed by atoms with Crippen molar-refractivity contribution in [3.63, 3.8) is 0 Å². The molecule has 5 heteroatoms. The second kappa shape index (κ2) is 12.2. The average molecular weight is 312 g/mol. The average Bonchev–Trinajstić information content (AvgIpc) is 2.49. The second-order valence-corrected chi connectivity index (χ2v) is 5.38. The molecule has 0 spiro atoms. The lowest BCUT2D eigenvalue weighted by atomic mass is 10.1. The van der Waals surface area contributed by atoms with E-state index in [9.17, 15) is 14.4 Å². The molecule has 0 aliphatic heterocycles. The van der Waals surface area contributed by atoms with Gasteiger partial charge in [0, 0.05) is 51.9 Å². The van der Waals surface area contributed by atoms with Crippen LogP contribution < -0.4 is 0 Å². The monoisotopic (exact) mass is 312 g/mol. The fraction of sp³-hybridized carbons (Fsp3) is 0.824. The fourth-order valence-electron chi connectivity index (χ4n) is 2.47. The lowest BCUT2D eigenvalue weighted by Crippen LogP contribution is -2.30. The topological polar surface area (TPSA) is 57.7 Å². The molecule has 0 rings (SSSR count). The van der Waals surface area contributed by atoms with Crippen LogP contribution in [0.2, 0.25) is 0 Å². The Morgan fingerprint density at radius 2 is 0.909 bits per heavy atom. The first-order valence-corrected chi connectivity index (χ1v) is 8.57. The summed E-state index contributed by atoms with van der Waals surface area (Å²) in [5.41, 5.74) is 0. The van der Waals surface area contributed by atoms with Crippen LogP contribution in [0.1, 0.15) is 66.2 Å². The van der Waals surface area contributed by atoms with Crippen molar-refractivity contribution in [3.05, 3.63) is 0 Å². The number of rotatable bonds is 12. The van der Waals surface area contributed by atoms with Crippen LogP contribution >= 0.6 is 0 Å². The number of ketones is 1. The van der Waals surface area contributed by atoms with Gasteiger partial charge in [-0.25, -0.2) is 0 Å². The van der Waals surface area contributed by atoms with Gasteiger partial charge >= 0.3 is 0 Å². The van der Waals surface area contributed by atoms with Crippen molar-refractivity contribution in [3.8, 4) is 0 Å². The molecule has 0 heterocycles. The van der Waals surface area contributed by atoms with Crippen molar-refractivity contribution in [2.24, 2.45) is 0 Å². The summed E-state index contributed by atoms with van der Waals surface area (Å²) in [6.07, 6.45) is 2.97. The molecule has 0 atom stereocenters. The number of hydrogen-bond acceptors (Lipinski definition) is 3. The predicted molar refractivity (Wildman–Crippen MR) is 88.6 cm³/mol. The molecule has 2 amide bonds. The van der Waals surface area contributed by atoms with Crippen molar-refractivity contribution in [1.82, 2.24) is 9.80 Å². The largest absolute Gasteiger partial charge is 0.343 e. The molecule has 5 nitrogen and oxygen atoms in total. The summed E-state index contributed by atoms with van der Waals surface area (Å²) in [6, 6.07) is 0. The zero-order chi connectivity index (χ0) is 17.0. The maximum Gasteiger partial charge on any atom is 0.222 e. The number of nitrogens with zero attached hydrogens (tertiary/aromatic N) is 2. The Balaban J connectivity index is 3.83. The zero-order valence-electron chi connectivity index (χ0n) is 14.7. The van der Waals surface area contributed by atoms with Crippen molar-refractivity contribution in [2.45, 2.75) is 66.2 Å². The molecule has 0 N–H and O–H groups in total. The highest BCUT2D eigenvalue weighted by molar-refractivity contribution is 5.81. The van der Waals surface area contributed by atoms with Crippen LogP contribution in [0.3, 0.4) is 0 Å². The molecule has 0 aromatic carbocycles. The van der Waals surface area contributed by atoms with Gasteiger partial charge in [0.15, 0.2) is 0 Å². The summed E-state index contributed by atoms with van der Waals surface area (Å²) in [4.78, 5) is 38.9. The molecule has 0 fully saturated rings. The number of hydrogen-bond donors (Lipinski definition) is 0. The van der Waals surface area contributed by atoms with E-state index in [-0.39, 0.29) is 17.6 Å². The molecule has 0 unspecified atom stereocenters. The molecule has 0 bridgehead atoms. The number of Topliss-reactive ketones (excluding diaryl/α,β-unsaturated/α-hetero) is 1. The SMILES string of the molecule is CCN(CC)C(=O)CCCC(=O)CCCC(=O)N(CC)CC. The Bertz CT molecular complexity index is 316. The first-order chi connectivity index (χ1) is 10.5. The third kappa shape index (κ3) is 8.15. The van der Waals surface area contributed by atoms with E-state index in [0.717, 1.165) is 26.2 Å². The van der Waals surface area contributed by atoms with Gasteiger partial charge < -0.3 is 9.80 Å². The highest BCUT2D eigenvalue weighted by Gasteiger charge is 2.12. The second-order valence-electron chi connectivity index (χ2n) is 5.38. The van der Waals surface area contributed by atoms with Crippen LogP contribution in [0.4, 0.5) is 0 Å². The summed E-state index contributed by atoms with van der Waals surface area (Å²) in [6.45, 7) is 10.7. The van der Waals surface area contributed by atoms with Gasteiger partial charge in [0.1, 0.15) is 5.78 Å². The predicted octanol–water partition coefficient (Wildman–Crippen LogP) is 2.63. The Labute approximate surface area is 135 Å². The normalized spacial score (nSPS) is 10.4. The molecule has 128 valence electrons. The Hall–Kier alpha value is -1.39. The highest BCUT2D eigenvalue weighted by atomic mass is 16.2. The lowest BCUT2D eigenvalue weighted by molar-refractivity contribution is -0.131. The summed E-state index contributed by atoms with van der Waals surface area (Å²) in [7, 11) is 0. The lowest BCUT2D eigenvalue weighted by Gasteiger charge is -2.18. The van der Waals surface area contributed by atoms with E-state index in [1.807, 2.05) is 27.7 Å². The number of carbonyl (C=O) groups is 3. The van der Waals surface area contributed by atoms with Gasteiger partial charge in [-0.15, -0.1) is 0 Å².